The Balaban J connectivity index is 4.39. The zero-order valence-electron chi connectivity index (χ0n) is 41.8. The fourth-order valence-corrected chi connectivity index (χ4v) is 7.75. The van der Waals surface area contributed by atoms with Crippen LogP contribution in [0.25, 0.3) is 0 Å². The van der Waals surface area contributed by atoms with E-state index in [2.05, 4.69) is 69.4 Å². The summed E-state index contributed by atoms with van der Waals surface area (Å²) in [4.78, 5) is 38.0. The lowest BCUT2D eigenvalue weighted by atomic mass is 10.0. The quantitative estimate of drug-likeness (QED) is 0.0262. The molecule has 0 aliphatic carbocycles. The van der Waals surface area contributed by atoms with Crippen LogP contribution in [0.1, 0.15) is 278 Å². The van der Waals surface area contributed by atoms with Gasteiger partial charge in [0.15, 0.2) is 6.10 Å². The summed E-state index contributed by atoms with van der Waals surface area (Å²) >= 11 is 0. The smallest absolute Gasteiger partial charge is 0.306 e. The summed E-state index contributed by atoms with van der Waals surface area (Å²) in [5.74, 6) is -0.894. The number of unbranched alkanes of at least 4 members (excludes halogenated alkanes) is 30. The van der Waals surface area contributed by atoms with Gasteiger partial charge in [-0.1, -0.05) is 230 Å². The molecule has 0 saturated heterocycles. The van der Waals surface area contributed by atoms with Crippen molar-refractivity contribution in [3.8, 4) is 0 Å². The maximum Gasteiger partial charge on any atom is 0.306 e. The molecule has 0 aromatic rings. The van der Waals surface area contributed by atoms with Crippen LogP contribution in [0, 0.1) is 0 Å². The van der Waals surface area contributed by atoms with Gasteiger partial charge in [-0.15, -0.1) is 0 Å². The third-order valence-electron chi connectivity index (χ3n) is 11.8. The van der Waals surface area contributed by atoms with Crippen molar-refractivity contribution < 1.29 is 28.6 Å². The largest absolute Gasteiger partial charge is 0.462 e. The van der Waals surface area contributed by atoms with E-state index in [9.17, 15) is 14.4 Å². The van der Waals surface area contributed by atoms with E-state index in [4.69, 9.17) is 14.2 Å². The van der Waals surface area contributed by atoms with Gasteiger partial charge in [0.2, 0.25) is 0 Å². The van der Waals surface area contributed by atoms with Gasteiger partial charge in [-0.05, 0) is 77.0 Å². The molecule has 0 N–H and O–H groups in total. The minimum absolute atomic E-state index is 0.0794. The molecule has 0 rings (SSSR count). The number of carbonyl (C=O) groups is 3. The third-order valence-corrected chi connectivity index (χ3v) is 11.8. The van der Waals surface area contributed by atoms with Gasteiger partial charge >= 0.3 is 17.9 Å². The van der Waals surface area contributed by atoms with E-state index in [0.717, 1.165) is 109 Å². The Morgan fingerprint density at radius 3 is 0.984 bits per heavy atom. The van der Waals surface area contributed by atoms with Crippen LogP contribution in [0.2, 0.25) is 0 Å². The normalized spacial score (nSPS) is 12.4. The molecule has 63 heavy (non-hydrogen) atoms. The molecule has 0 fully saturated rings. The summed E-state index contributed by atoms with van der Waals surface area (Å²) in [7, 11) is 0. The molecule has 6 nitrogen and oxygen atoms in total. The van der Waals surface area contributed by atoms with E-state index in [1.165, 1.54) is 128 Å². The molecule has 0 aromatic carbocycles. The molecule has 0 heterocycles. The first-order chi connectivity index (χ1) is 31.0. The van der Waals surface area contributed by atoms with Crippen molar-refractivity contribution in [1.29, 1.82) is 0 Å². The second-order valence-corrected chi connectivity index (χ2v) is 18.1. The third kappa shape index (κ3) is 50.2. The molecule has 0 bridgehead atoms. The van der Waals surface area contributed by atoms with Crippen LogP contribution in [0.4, 0.5) is 0 Å². The second kappa shape index (κ2) is 52.0. The van der Waals surface area contributed by atoms with E-state index in [1.807, 2.05) is 0 Å². The van der Waals surface area contributed by atoms with Gasteiger partial charge < -0.3 is 14.2 Å². The standard InChI is InChI=1S/C57H102O6/c1-4-7-10-13-16-19-22-25-28-31-34-37-40-43-46-49-55(58)61-52-54(63-57(60)51-48-45-42-39-36-33-30-27-24-21-18-15-12-9-6-3)53-62-56(59)50-47-44-41-38-35-32-29-26-23-20-17-14-11-8-5-2/h7,10,16,19,25,27-28,30,54H,4-6,8-9,11-15,17-18,20-24,26,29,31-53H2,1-3H3/b10-7-,19-16-,28-25-,30-27-. The Morgan fingerprint density at radius 2 is 0.619 bits per heavy atom. The summed E-state index contributed by atoms with van der Waals surface area (Å²) in [6.45, 7) is 6.52. The minimum atomic E-state index is -0.781. The molecule has 0 aliphatic rings. The van der Waals surface area contributed by atoms with Gasteiger partial charge in [-0.3, -0.25) is 14.4 Å². The van der Waals surface area contributed by atoms with Crippen molar-refractivity contribution in [2.75, 3.05) is 13.2 Å². The molecule has 1 atom stereocenters. The number of rotatable bonds is 49. The lowest BCUT2D eigenvalue weighted by molar-refractivity contribution is -0.167. The van der Waals surface area contributed by atoms with E-state index < -0.39 is 6.10 Å². The number of hydrogen-bond donors (Lipinski definition) is 0. The van der Waals surface area contributed by atoms with Crippen molar-refractivity contribution in [1.82, 2.24) is 0 Å². The molecular formula is C57H102O6. The van der Waals surface area contributed by atoms with Gasteiger partial charge in [0, 0.05) is 19.3 Å². The molecule has 0 aromatic heterocycles. The van der Waals surface area contributed by atoms with Crippen molar-refractivity contribution >= 4 is 17.9 Å². The van der Waals surface area contributed by atoms with Crippen LogP contribution in [-0.4, -0.2) is 37.2 Å². The topological polar surface area (TPSA) is 78.9 Å². The van der Waals surface area contributed by atoms with E-state index in [-0.39, 0.29) is 31.1 Å². The fourth-order valence-electron chi connectivity index (χ4n) is 7.75. The summed E-state index contributed by atoms with van der Waals surface area (Å²) in [5, 5.41) is 0. The van der Waals surface area contributed by atoms with Crippen LogP contribution >= 0.6 is 0 Å². The first kappa shape index (κ1) is 60.4. The highest BCUT2D eigenvalue weighted by Gasteiger charge is 2.19. The zero-order valence-corrected chi connectivity index (χ0v) is 41.8. The highest BCUT2D eigenvalue weighted by atomic mass is 16.6. The van der Waals surface area contributed by atoms with Gasteiger partial charge in [-0.2, -0.15) is 0 Å². The lowest BCUT2D eigenvalue weighted by Gasteiger charge is -2.18. The van der Waals surface area contributed by atoms with E-state index >= 15 is 0 Å². The number of allylic oxidation sites excluding steroid dienone is 8. The summed E-state index contributed by atoms with van der Waals surface area (Å²) in [6.07, 6.45) is 62.3. The van der Waals surface area contributed by atoms with Gasteiger partial charge in [-0.25, -0.2) is 0 Å². The molecule has 0 aliphatic heterocycles. The molecule has 1 unspecified atom stereocenters. The Bertz CT molecular complexity index is 1110. The zero-order chi connectivity index (χ0) is 45.8. The maximum absolute atomic E-state index is 12.8. The van der Waals surface area contributed by atoms with Crippen molar-refractivity contribution in [2.24, 2.45) is 0 Å². The van der Waals surface area contributed by atoms with Crippen LogP contribution in [0.5, 0.6) is 0 Å². The number of carbonyl (C=O) groups excluding carboxylic acids is 3. The Hall–Kier alpha value is -2.63. The first-order valence-corrected chi connectivity index (χ1v) is 27.1. The molecule has 366 valence electrons. The predicted octanol–water partition coefficient (Wildman–Crippen LogP) is 17.9. The van der Waals surface area contributed by atoms with Crippen molar-refractivity contribution in [3.05, 3.63) is 48.6 Å². The van der Waals surface area contributed by atoms with Crippen LogP contribution in [-0.2, 0) is 28.6 Å². The van der Waals surface area contributed by atoms with Crippen LogP contribution in [0.15, 0.2) is 48.6 Å². The summed E-state index contributed by atoms with van der Waals surface area (Å²) in [6, 6.07) is 0. The molecule has 6 heteroatoms. The molecular weight excluding hydrogens is 781 g/mol. The molecule has 0 radical (unpaired) electrons. The van der Waals surface area contributed by atoms with Crippen LogP contribution in [0.3, 0.4) is 0 Å². The van der Waals surface area contributed by atoms with Gasteiger partial charge in [0.1, 0.15) is 13.2 Å². The maximum atomic E-state index is 12.8. The van der Waals surface area contributed by atoms with Crippen molar-refractivity contribution in [2.45, 2.75) is 284 Å². The average molecular weight is 883 g/mol. The van der Waals surface area contributed by atoms with Crippen molar-refractivity contribution in [3.63, 3.8) is 0 Å². The second-order valence-electron chi connectivity index (χ2n) is 18.1. The number of hydrogen-bond acceptors (Lipinski definition) is 6. The number of ether oxygens (including phenoxy) is 3. The first-order valence-electron chi connectivity index (χ1n) is 27.1. The monoisotopic (exact) mass is 883 g/mol. The van der Waals surface area contributed by atoms with E-state index in [1.54, 1.807) is 0 Å². The Kier molecular flexibility index (Phi) is 49.8. The Labute approximate surface area is 390 Å². The fraction of sp³-hybridized carbons (Fsp3) is 0.807. The highest BCUT2D eigenvalue weighted by Crippen LogP contribution is 2.16. The minimum Gasteiger partial charge on any atom is -0.462 e. The van der Waals surface area contributed by atoms with Crippen LogP contribution < -0.4 is 0 Å². The predicted molar refractivity (Wildman–Crippen MR) is 270 cm³/mol. The van der Waals surface area contributed by atoms with Gasteiger partial charge in [0.25, 0.3) is 0 Å². The molecule has 0 spiro atoms. The SMILES string of the molecule is CC/C=C\C/C=C\C/C=C\CCCCCCCC(=O)OCC(COC(=O)CCCCCCCCCCCCCCCCC)OC(=O)CCCCCCC/C=C\CCCCCCCC. The molecule has 0 amide bonds. The lowest BCUT2D eigenvalue weighted by Crippen LogP contribution is -2.30. The number of esters is 3. The van der Waals surface area contributed by atoms with Gasteiger partial charge in [0.05, 0.1) is 0 Å². The summed E-state index contributed by atoms with van der Waals surface area (Å²) in [5.41, 5.74) is 0. The Morgan fingerprint density at radius 1 is 0.333 bits per heavy atom. The average Bonchev–Trinajstić information content (AvgIpc) is 3.28. The molecule has 0 saturated carbocycles. The summed E-state index contributed by atoms with van der Waals surface area (Å²) < 4.78 is 16.8. The van der Waals surface area contributed by atoms with E-state index in [0.29, 0.717) is 19.3 Å². The highest BCUT2D eigenvalue weighted by molar-refractivity contribution is 5.71.